The van der Waals surface area contributed by atoms with Crippen LogP contribution in [-0.2, 0) is 13.0 Å². The smallest absolute Gasteiger partial charge is 0.158 e. The highest BCUT2D eigenvalue weighted by Gasteiger charge is 2.12. The lowest BCUT2D eigenvalue weighted by Gasteiger charge is -2.08. The molecule has 0 atom stereocenters. The SMILES string of the molecule is CCc1nc(-c2cccc(-n3nc(C)cc3C)c2)n(CCCO)n1. The molecule has 24 heavy (non-hydrogen) atoms. The highest BCUT2D eigenvalue weighted by Crippen LogP contribution is 2.22. The Morgan fingerprint density at radius 3 is 2.62 bits per heavy atom. The maximum atomic E-state index is 9.11. The zero-order valence-corrected chi connectivity index (χ0v) is 14.4. The zero-order valence-electron chi connectivity index (χ0n) is 14.4. The van der Waals surface area contributed by atoms with Crippen LogP contribution in [0.3, 0.4) is 0 Å². The molecule has 6 nitrogen and oxygen atoms in total. The molecule has 0 bridgehead atoms. The van der Waals surface area contributed by atoms with E-state index in [0.29, 0.717) is 13.0 Å². The van der Waals surface area contributed by atoms with Gasteiger partial charge in [0, 0.05) is 30.8 Å². The lowest BCUT2D eigenvalue weighted by atomic mass is 10.2. The lowest BCUT2D eigenvalue weighted by Crippen LogP contribution is -2.05. The molecule has 2 aromatic heterocycles. The van der Waals surface area contributed by atoms with Gasteiger partial charge in [-0.15, -0.1) is 0 Å². The second-order valence-electron chi connectivity index (χ2n) is 5.89. The predicted molar refractivity (Wildman–Crippen MR) is 93.1 cm³/mol. The third-order valence-corrected chi connectivity index (χ3v) is 3.92. The minimum absolute atomic E-state index is 0.145. The van der Waals surface area contributed by atoms with Gasteiger partial charge in [0.25, 0.3) is 0 Å². The largest absolute Gasteiger partial charge is 0.396 e. The first kappa shape index (κ1) is 16.4. The maximum absolute atomic E-state index is 9.11. The number of rotatable bonds is 6. The van der Waals surface area contributed by atoms with Crippen molar-refractivity contribution < 1.29 is 5.11 Å². The average molecular weight is 325 g/mol. The molecule has 6 heteroatoms. The van der Waals surface area contributed by atoms with Crippen molar-refractivity contribution in [3.05, 3.63) is 47.5 Å². The van der Waals surface area contributed by atoms with Crippen molar-refractivity contribution >= 4 is 0 Å². The molecule has 0 amide bonds. The van der Waals surface area contributed by atoms with Crippen LogP contribution in [0.15, 0.2) is 30.3 Å². The molecule has 3 rings (SSSR count). The van der Waals surface area contributed by atoms with Crippen LogP contribution in [0.1, 0.15) is 30.6 Å². The lowest BCUT2D eigenvalue weighted by molar-refractivity contribution is 0.277. The summed E-state index contributed by atoms with van der Waals surface area (Å²) < 4.78 is 3.82. The highest BCUT2D eigenvalue weighted by molar-refractivity contribution is 5.59. The maximum Gasteiger partial charge on any atom is 0.158 e. The van der Waals surface area contributed by atoms with Gasteiger partial charge in [0.1, 0.15) is 0 Å². The van der Waals surface area contributed by atoms with Crippen molar-refractivity contribution in [3.63, 3.8) is 0 Å². The van der Waals surface area contributed by atoms with Crippen molar-refractivity contribution in [2.24, 2.45) is 0 Å². The fourth-order valence-corrected chi connectivity index (χ4v) is 2.80. The molecular formula is C18H23N5O. The van der Waals surface area contributed by atoms with Gasteiger partial charge in [0.15, 0.2) is 11.6 Å². The summed E-state index contributed by atoms with van der Waals surface area (Å²) in [5, 5.41) is 18.2. The molecule has 2 heterocycles. The fourth-order valence-electron chi connectivity index (χ4n) is 2.80. The van der Waals surface area contributed by atoms with Gasteiger partial charge < -0.3 is 5.11 Å². The molecule has 0 aliphatic heterocycles. The normalized spacial score (nSPS) is 11.2. The first-order valence-corrected chi connectivity index (χ1v) is 8.31. The second kappa shape index (κ2) is 6.97. The summed E-state index contributed by atoms with van der Waals surface area (Å²) in [6.45, 7) is 6.88. The van der Waals surface area contributed by atoms with Gasteiger partial charge in [-0.1, -0.05) is 19.1 Å². The van der Waals surface area contributed by atoms with E-state index in [-0.39, 0.29) is 6.61 Å². The van der Waals surface area contributed by atoms with Crippen molar-refractivity contribution in [1.29, 1.82) is 0 Å². The fraction of sp³-hybridized carbons (Fsp3) is 0.389. The van der Waals surface area contributed by atoms with Crippen molar-refractivity contribution in [3.8, 4) is 17.1 Å². The zero-order chi connectivity index (χ0) is 17.1. The molecular weight excluding hydrogens is 302 g/mol. The minimum Gasteiger partial charge on any atom is -0.396 e. The molecule has 0 aliphatic rings. The van der Waals surface area contributed by atoms with Gasteiger partial charge in [-0.2, -0.15) is 10.2 Å². The third kappa shape index (κ3) is 3.23. The third-order valence-electron chi connectivity index (χ3n) is 3.92. The van der Waals surface area contributed by atoms with E-state index in [2.05, 4.69) is 27.3 Å². The molecule has 3 aromatic rings. The molecule has 126 valence electrons. The Hall–Kier alpha value is -2.47. The van der Waals surface area contributed by atoms with Crippen molar-refractivity contribution in [2.75, 3.05) is 6.61 Å². The molecule has 0 saturated carbocycles. The molecule has 0 fully saturated rings. The number of aliphatic hydroxyl groups excluding tert-OH is 1. The number of aromatic nitrogens is 5. The van der Waals surface area contributed by atoms with E-state index < -0.39 is 0 Å². The molecule has 0 radical (unpaired) electrons. The summed E-state index contributed by atoms with van der Waals surface area (Å²) in [6, 6.07) is 10.2. The molecule has 0 spiro atoms. The first-order chi connectivity index (χ1) is 11.6. The summed E-state index contributed by atoms with van der Waals surface area (Å²) in [6.07, 6.45) is 1.45. The Labute approximate surface area is 141 Å². The topological polar surface area (TPSA) is 68.8 Å². The van der Waals surface area contributed by atoms with Crippen LogP contribution >= 0.6 is 0 Å². The molecule has 1 N–H and O–H groups in total. The van der Waals surface area contributed by atoms with E-state index >= 15 is 0 Å². The van der Waals surface area contributed by atoms with Crippen LogP contribution in [0.4, 0.5) is 0 Å². The van der Waals surface area contributed by atoms with Crippen LogP contribution in [-0.4, -0.2) is 36.3 Å². The van der Waals surface area contributed by atoms with E-state index in [9.17, 15) is 0 Å². The highest BCUT2D eigenvalue weighted by atomic mass is 16.3. The predicted octanol–water partition coefficient (Wildman–Crippen LogP) is 2.69. The molecule has 1 aromatic carbocycles. The summed E-state index contributed by atoms with van der Waals surface area (Å²) in [4.78, 5) is 4.65. The summed E-state index contributed by atoms with van der Waals surface area (Å²) >= 11 is 0. The Kier molecular flexibility index (Phi) is 4.76. The number of aliphatic hydroxyl groups is 1. The van der Waals surface area contributed by atoms with Crippen molar-refractivity contribution in [1.82, 2.24) is 24.5 Å². The van der Waals surface area contributed by atoms with Gasteiger partial charge in [0.05, 0.1) is 11.4 Å². The van der Waals surface area contributed by atoms with Crippen molar-refractivity contribution in [2.45, 2.75) is 40.2 Å². The standard InChI is InChI=1S/C18H23N5O/c1-4-17-19-18(22(21-17)9-6-10-24)15-7-5-8-16(12-15)23-14(3)11-13(2)20-23/h5,7-8,11-12,24H,4,6,9-10H2,1-3H3. The van der Waals surface area contributed by atoms with E-state index in [1.165, 1.54) is 0 Å². The number of hydrogen-bond donors (Lipinski definition) is 1. The Morgan fingerprint density at radius 1 is 1.12 bits per heavy atom. The molecule has 0 aliphatic carbocycles. The Bertz CT molecular complexity index is 834. The number of nitrogens with zero attached hydrogens (tertiary/aromatic N) is 5. The van der Waals surface area contributed by atoms with Gasteiger partial charge in [0.2, 0.25) is 0 Å². The van der Waals surface area contributed by atoms with Gasteiger partial charge in [-0.05, 0) is 38.5 Å². The Morgan fingerprint density at radius 2 is 1.96 bits per heavy atom. The number of hydrogen-bond acceptors (Lipinski definition) is 4. The van der Waals surface area contributed by atoms with Crippen LogP contribution in [0.5, 0.6) is 0 Å². The quantitative estimate of drug-likeness (QED) is 0.756. The minimum atomic E-state index is 0.145. The van der Waals surface area contributed by atoms with Crippen LogP contribution in [0.25, 0.3) is 17.1 Å². The second-order valence-corrected chi connectivity index (χ2v) is 5.89. The summed E-state index contributed by atoms with van der Waals surface area (Å²) in [7, 11) is 0. The van der Waals surface area contributed by atoms with E-state index in [1.54, 1.807) is 0 Å². The van der Waals surface area contributed by atoms with Gasteiger partial charge in [-0.25, -0.2) is 14.3 Å². The van der Waals surface area contributed by atoms with E-state index in [0.717, 1.165) is 40.7 Å². The molecule has 0 unspecified atom stereocenters. The molecule has 0 saturated heterocycles. The van der Waals surface area contributed by atoms with E-state index in [4.69, 9.17) is 5.11 Å². The van der Waals surface area contributed by atoms with Gasteiger partial charge >= 0.3 is 0 Å². The van der Waals surface area contributed by atoms with Crippen LogP contribution in [0.2, 0.25) is 0 Å². The number of benzene rings is 1. The Balaban J connectivity index is 2.02. The van der Waals surface area contributed by atoms with Gasteiger partial charge in [-0.3, -0.25) is 0 Å². The monoisotopic (exact) mass is 325 g/mol. The number of aryl methyl sites for hydroxylation is 4. The average Bonchev–Trinajstić information content (AvgIpc) is 3.15. The van der Waals surface area contributed by atoms with Crippen LogP contribution in [0, 0.1) is 13.8 Å². The van der Waals surface area contributed by atoms with Crippen LogP contribution < -0.4 is 0 Å². The summed E-state index contributed by atoms with van der Waals surface area (Å²) in [5.74, 6) is 1.66. The van der Waals surface area contributed by atoms with E-state index in [1.807, 2.05) is 48.3 Å². The first-order valence-electron chi connectivity index (χ1n) is 8.31. The summed E-state index contributed by atoms with van der Waals surface area (Å²) in [5.41, 5.74) is 4.11.